The number of nitrogens with zero attached hydrogens (tertiary/aromatic N) is 2. The van der Waals surface area contributed by atoms with Crippen LogP contribution in [0, 0.1) is 34.0 Å². The maximum atomic E-state index is 14.3. The van der Waals surface area contributed by atoms with Crippen molar-refractivity contribution in [1.29, 1.82) is 0 Å². The number of nitrogens with one attached hydrogen (secondary N) is 4. The van der Waals surface area contributed by atoms with Gasteiger partial charge in [-0.1, -0.05) is 68.2 Å². The Morgan fingerprint density at radius 1 is 0.935 bits per heavy atom. The summed E-state index contributed by atoms with van der Waals surface area (Å²) < 4.78 is 26.4. The van der Waals surface area contributed by atoms with Crippen LogP contribution < -0.4 is 21.3 Å². The van der Waals surface area contributed by atoms with Crippen molar-refractivity contribution in [3.8, 4) is 0 Å². The lowest BCUT2D eigenvalue weighted by molar-refractivity contribution is -0.145. The van der Waals surface area contributed by atoms with Gasteiger partial charge in [-0.3, -0.25) is 19.2 Å². The Bertz CT molecular complexity index is 1350. The maximum Gasteiger partial charge on any atom is 0.315 e. The van der Waals surface area contributed by atoms with Gasteiger partial charge in [-0.2, -0.15) is 4.31 Å². The zero-order valence-electron chi connectivity index (χ0n) is 28.9. The molecule has 0 radical (unpaired) electrons. The third-order valence-corrected chi connectivity index (χ3v) is 12.4. The number of fused-ring (bicyclic) bond motifs is 1. The lowest BCUT2D eigenvalue weighted by atomic mass is 9.85. The first-order valence-corrected chi connectivity index (χ1v) is 18.1. The molecule has 0 bridgehead atoms. The highest BCUT2D eigenvalue weighted by molar-refractivity contribution is 7.89. The minimum Gasteiger partial charge on any atom is -0.353 e. The third kappa shape index (κ3) is 7.69. The standard InChI is InChI=1S/C32H54N6O7S/c1-30(2,3)21(17-37-13-10-14-46(37,44)45)35-29(43)36-25(31(4,5)6)28(42)38-16-19-22(32(19,7)8)23(38)26(40)34-20(15-18-11-12-18)24(39)27(41)33-9/h18-23,25H,10-17H2,1-9H3,(H,33,41)(H,34,40)(H2,35,36,43)/t19-,20?,21+,22-,23-,25+/m0/s1. The Morgan fingerprint density at radius 3 is 2.07 bits per heavy atom. The van der Waals surface area contributed by atoms with Gasteiger partial charge in [-0.15, -0.1) is 0 Å². The predicted molar refractivity (Wildman–Crippen MR) is 173 cm³/mol. The zero-order chi connectivity index (χ0) is 34.6. The summed E-state index contributed by atoms with van der Waals surface area (Å²) in [4.78, 5) is 68.4. The number of hydrogen-bond acceptors (Lipinski definition) is 7. The van der Waals surface area contributed by atoms with Crippen molar-refractivity contribution in [3.63, 3.8) is 0 Å². The summed E-state index contributed by atoms with van der Waals surface area (Å²) >= 11 is 0. The highest BCUT2D eigenvalue weighted by atomic mass is 32.2. The molecule has 260 valence electrons. The quantitative estimate of drug-likeness (QED) is 0.240. The fraction of sp³-hybridized carbons (Fsp3) is 0.844. The Morgan fingerprint density at radius 2 is 1.57 bits per heavy atom. The molecule has 0 spiro atoms. The SMILES string of the molecule is CNC(=O)C(=O)C(CC1CC1)NC(=O)[C@@H]1[C@@H]2[C@H](CN1C(=O)[C@@H](NC(=O)N[C@H](CN1CCCS1(=O)=O)C(C)(C)C)C(C)(C)C)C2(C)C. The predicted octanol–water partition coefficient (Wildman–Crippen LogP) is 1.23. The van der Waals surface area contributed by atoms with Gasteiger partial charge in [-0.05, 0) is 46.8 Å². The number of rotatable bonds is 11. The van der Waals surface area contributed by atoms with Gasteiger partial charge in [0.25, 0.3) is 5.91 Å². The third-order valence-electron chi connectivity index (χ3n) is 10.4. The smallest absolute Gasteiger partial charge is 0.315 e. The second-order valence-corrected chi connectivity index (χ2v) is 18.5. The van der Waals surface area contributed by atoms with E-state index in [1.54, 1.807) is 0 Å². The topological polar surface area (TPSA) is 174 Å². The summed E-state index contributed by atoms with van der Waals surface area (Å²) in [5.41, 5.74) is -1.41. The second kappa shape index (κ2) is 12.7. The number of carbonyl (C=O) groups excluding carboxylic acids is 5. The first-order chi connectivity index (χ1) is 21.1. The van der Waals surface area contributed by atoms with E-state index in [2.05, 4.69) is 35.1 Å². The van der Waals surface area contributed by atoms with Gasteiger partial charge in [0, 0.05) is 32.7 Å². The molecule has 0 aromatic heterocycles. The van der Waals surface area contributed by atoms with E-state index in [9.17, 15) is 32.4 Å². The number of piperidine rings is 1. The highest BCUT2D eigenvalue weighted by Gasteiger charge is 2.70. The summed E-state index contributed by atoms with van der Waals surface area (Å²) in [7, 11) is -2.00. The van der Waals surface area contributed by atoms with E-state index < -0.39 is 74.6 Å². The van der Waals surface area contributed by atoms with Crippen LogP contribution in [0.1, 0.15) is 81.1 Å². The number of sulfonamides is 1. The minimum absolute atomic E-state index is 0.0749. The second-order valence-electron chi connectivity index (χ2n) is 16.4. The van der Waals surface area contributed by atoms with Crippen LogP contribution in [0.15, 0.2) is 0 Å². The summed E-state index contributed by atoms with van der Waals surface area (Å²) in [5, 5.41) is 11.0. The van der Waals surface area contributed by atoms with E-state index in [0.717, 1.165) is 12.8 Å². The molecule has 4 fully saturated rings. The average molecular weight is 667 g/mol. The molecule has 4 rings (SSSR count). The number of amides is 5. The molecule has 4 aliphatic rings. The Balaban J connectivity index is 1.52. The fourth-order valence-corrected chi connectivity index (χ4v) is 8.59. The lowest BCUT2D eigenvalue weighted by Crippen LogP contribution is -2.62. The van der Waals surface area contributed by atoms with E-state index in [1.807, 2.05) is 41.5 Å². The van der Waals surface area contributed by atoms with E-state index in [1.165, 1.54) is 16.3 Å². The molecule has 0 aromatic carbocycles. The van der Waals surface area contributed by atoms with Gasteiger partial charge >= 0.3 is 6.03 Å². The number of Topliss-reactive ketones (excluding diaryl/α,β-unsaturated/α-hetero) is 1. The van der Waals surface area contributed by atoms with Crippen molar-refractivity contribution in [2.45, 2.75) is 105 Å². The van der Waals surface area contributed by atoms with Crippen LogP contribution in [0.5, 0.6) is 0 Å². The molecule has 2 heterocycles. The van der Waals surface area contributed by atoms with E-state index >= 15 is 0 Å². The fourth-order valence-electron chi connectivity index (χ4n) is 7.05. The van der Waals surface area contributed by atoms with Gasteiger partial charge in [0.15, 0.2) is 0 Å². The Kier molecular flexibility index (Phi) is 9.97. The molecule has 2 saturated carbocycles. The van der Waals surface area contributed by atoms with Crippen LogP contribution in [-0.2, 0) is 29.2 Å². The van der Waals surface area contributed by atoms with Gasteiger partial charge < -0.3 is 26.2 Å². The van der Waals surface area contributed by atoms with Gasteiger partial charge in [-0.25, -0.2) is 13.2 Å². The molecule has 13 nitrogen and oxygen atoms in total. The molecule has 5 amide bonds. The van der Waals surface area contributed by atoms with Gasteiger partial charge in [0.1, 0.15) is 12.1 Å². The number of likely N-dealkylation sites (N-methyl/N-ethyl adjacent to an activating group) is 1. The van der Waals surface area contributed by atoms with Crippen LogP contribution in [0.2, 0.25) is 0 Å². The van der Waals surface area contributed by atoms with E-state index in [4.69, 9.17) is 0 Å². The first kappa shape index (κ1) is 36.1. The number of likely N-dealkylation sites (tertiary alicyclic amines) is 1. The Hall–Kier alpha value is -2.74. The number of carbonyl (C=O) groups is 5. The number of hydrogen-bond donors (Lipinski definition) is 4. The first-order valence-electron chi connectivity index (χ1n) is 16.5. The molecule has 1 unspecified atom stereocenters. The van der Waals surface area contributed by atoms with Crippen LogP contribution in [-0.4, -0.2) is 104 Å². The lowest BCUT2D eigenvalue weighted by Gasteiger charge is -2.39. The Labute approximate surface area is 273 Å². The average Bonchev–Trinajstić information content (AvgIpc) is 3.73. The molecule has 46 heavy (non-hydrogen) atoms. The molecule has 14 heteroatoms. The minimum atomic E-state index is -3.38. The maximum absolute atomic E-state index is 14.3. The largest absolute Gasteiger partial charge is 0.353 e. The van der Waals surface area contributed by atoms with Gasteiger partial charge in [0.2, 0.25) is 27.6 Å². The molecular weight excluding hydrogens is 612 g/mol. The van der Waals surface area contributed by atoms with E-state index in [0.29, 0.717) is 25.9 Å². The summed E-state index contributed by atoms with van der Waals surface area (Å²) in [5.74, 6) is -2.05. The summed E-state index contributed by atoms with van der Waals surface area (Å²) in [6.45, 7) is 16.2. The van der Waals surface area contributed by atoms with Crippen LogP contribution >= 0.6 is 0 Å². The molecule has 2 saturated heterocycles. The molecule has 2 aliphatic heterocycles. The highest BCUT2D eigenvalue weighted by Crippen LogP contribution is 2.65. The van der Waals surface area contributed by atoms with Crippen LogP contribution in [0.4, 0.5) is 4.79 Å². The van der Waals surface area contributed by atoms with Crippen molar-refractivity contribution >= 4 is 39.6 Å². The van der Waals surface area contributed by atoms with Crippen molar-refractivity contribution in [2.24, 2.45) is 34.0 Å². The summed E-state index contributed by atoms with van der Waals surface area (Å²) in [6.07, 6.45) is 2.78. The molecule has 0 aromatic rings. The van der Waals surface area contributed by atoms with Crippen molar-refractivity contribution in [3.05, 3.63) is 0 Å². The monoisotopic (exact) mass is 666 g/mol. The zero-order valence-corrected chi connectivity index (χ0v) is 29.7. The van der Waals surface area contributed by atoms with Crippen molar-refractivity contribution in [2.75, 3.05) is 32.4 Å². The van der Waals surface area contributed by atoms with Crippen molar-refractivity contribution in [1.82, 2.24) is 30.5 Å². The molecule has 6 atom stereocenters. The number of ketones is 1. The number of urea groups is 1. The van der Waals surface area contributed by atoms with Gasteiger partial charge in [0.05, 0.1) is 11.8 Å². The van der Waals surface area contributed by atoms with Crippen LogP contribution in [0.3, 0.4) is 0 Å². The molecule has 4 N–H and O–H groups in total. The van der Waals surface area contributed by atoms with E-state index in [-0.39, 0.29) is 35.5 Å². The molecule has 2 aliphatic carbocycles. The molecular formula is C32H54N6O7S. The normalized spacial score (nSPS) is 27.2. The summed E-state index contributed by atoms with van der Waals surface area (Å²) in [6, 6.07) is -3.97. The van der Waals surface area contributed by atoms with Crippen LogP contribution in [0.25, 0.3) is 0 Å². The van der Waals surface area contributed by atoms with Crippen molar-refractivity contribution < 1.29 is 32.4 Å².